The van der Waals surface area contributed by atoms with E-state index in [-0.39, 0.29) is 46.9 Å². The second-order valence-electron chi connectivity index (χ2n) is 5.94. The summed E-state index contributed by atoms with van der Waals surface area (Å²) in [5.41, 5.74) is 13.1. The molecule has 29 heavy (non-hydrogen) atoms. The number of nitrogen functional groups attached to an aromatic ring is 1. The van der Waals surface area contributed by atoms with Gasteiger partial charge >= 0.3 is 0 Å². The molecule has 2 aromatic heterocycles. The summed E-state index contributed by atoms with van der Waals surface area (Å²) in [6.45, 7) is -0.0178. The molecule has 152 valence electrons. The van der Waals surface area contributed by atoms with Crippen molar-refractivity contribution in [3.63, 3.8) is 0 Å². The number of amides is 1. The smallest absolute Gasteiger partial charge is 0.231 e. The minimum atomic E-state index is -1.34. The first-order valence-corrected chi connectivity index (χ1v) is 9.32. The molecule has 0 saturated carbocycles. The molecule has 0 aromatic carbocycles. The highest BCUT2D eigenvalue weighted by Gasteiger charge is 2.46. The van der Waals surface area contributed by atoms with Crippen molar-refractivity contribution in [3.05, 3.63) is 6.33 Å². The van der Waals surface area contributed by atoms with E-state index in [2.05, 4.69) is 36.2 Å². The lowest BCUT2D eigenvalue weighted by Crippen LogP contribution is -2.33. The monoisotopic (exact) mass is 420 g/mol. The quantitative estimate of drug-likeness (QED) is 0.152. The van der Waals surface area contributed by atoms with Gasteiger partial charge in [0.05, 0.1) is 12.3 Å². The van der Waals surface area contributed by atoms with E-state index in [1.807, 2.05) is 0 Å². The highest BCUT2D eigenvalue weighted by Crippen LogP contribution is 2.36. The van der Waals surface area contributed by atoms with Crippen LogP contribution in [-0.4, -0.2) is 72.8 Å². The Bertz CT molecular complexity index is 1000. The number of carbonyl (C=O) groups is 1. The van der Waals surface area contributed by atoms with Gasteiger partial charge in [-0.15, -0.1) is 6.42 Å². The van der Waals surface area contributed by atoms with E-state index < -0.39 is 24.5 Å². The number of terminal acetylenes is 1. The number of nitrogens with two attached hydrogens (primary N) is 1. The van der Waals surface area contributed by atoms with E-state index in [1.54, 1.807) is 0 Å². The van der Waals surface area contributed by atoms with Crippen molar-refractivity contribution in [2.24, 2.45) is 5.11 Å². The third-order valence-corrected chi connectivity index (χ3v) is 5.07. The van der Waals surface area contributed by atoms with Gasteiger partial charge in [0.2, 0.25) is 10.8 Å². The Kier molecular flexibility index (Phi) is 6.37. The fourth-order valence-electron chi connectivity index (χ4n) is 2.78. The first-order chi connectivity index (χ1) is 14.0. The SMILES string of the molecule is C#CCNC(=O)CSc1nc2c(N)ncnc2n1[C@@H]1O[C@H](CN=[N+]=N)[C@@H](O)[C@H]1O. The first-order valence-electron chi connectivity index (χ1n) is 8.34. The summed E-state index contributed by atoms with van der Waals surface area (Å²) in [4.78, 5) is 27.2. The van der Waals surface area contributed by atoms with Gasteiger partial charge in [0.1, 0.15) is 35.3 Å². The van der Waals surface area contributed by atoms with Gasteiger partial charge in [-0.2, -0.15) is 0 Å². The van der Waals surface area contributed by atoms with Crippen LogP contribution in [0.2, 0.25) is 0 Å². The normalized spacial score (nSPS) is 23.5. The molecule has 1 fully saturated rings. The summed E-state index contributed by atoms with van der Waals surface area (Å²) in [5, 5.41) is 27.1. The number of nitrogens with one attached hydrogen (secondary N) is 2. The molecule has 4 atom stereocenters. The number of fused-ring (bicyclic) bond motifs is 1. The standard InChI is InChI=1S/C15H17N9O4S/c1-2-3-18-8(25)5-29-15-22-9-12(16)19-6-20-13(9)24(15)14-11(27)10(26)7(28-14)4-21-23-17/h1,6-7,10-11,14,17,26-27H,3-5H2,(H2-,16,18,19,20,25)/p+1/t7-,10-,11-,14-/m1/s1. The van der Waals surface area contributed by atoms with Crippen molar-refractivity contribution >= 4 is 34.7 Å². The number of carbonyl (C=O) groups excluding carboxylic acids is 1. The van der Waals surface area contributed by atoms with Crippen molar-refractivity contribution < 1.29 is 19.7 Å². The molecular formula is C15H18N9O4S+. The summed E-state index contributed by atoms with van der Waals surface area (Å²) in [5.74, 6) is 2.09. The minimum Gasteiger partial charge on any atom is -0.387 e. The number of nitrogens with zero attached hydrogens (tertiary/aromatic N) is 6. The van der Waals surface area contributed by atoms with Gasteiger partial charge in [-0.05, 0) is 0 Å². The summed E-state index contributed by atoms with van der Waals surface area (Å²) in [6, 6.07) is 0. The van der Waals surface area contributed by atoms with Gasteiger partial charge in [-0.25, -0.2) is 15.0 Å². The highest BCUT2D eigenvalue weighted by molar-refractivity contribution is 7.99. The van der Waals surface area contributed by atoms with Crippen LogP contribution in [0.15, 0.2) is 16.6 Å². The van der Waals surface area contributed by atoms with Gasteiger partial charge in [-0.1, -0.05) is 17.7 Å². The zero-order valence-corrected chi connectivity index (χ0v) is 15.8. The topological polar surface area (TPSA) is 199 Å². The number of ether oxygens (including phenoxy) is 1. The van der Waals surface area contributed by atoms with E-state index in [0.29, 0.717) is 0 Å². The Morgan fingerprint density at radius 3 is 3.03 bits per heavy atom. The van der Waals surface area contributed by atoms with Gasteiger partial charge in [0.25, 0.3) is 0 Å². The summed E-state index contributed by atoms with van der Waals surface area (Å²) in [7, 11) is 0. The number of aromatic nitrogens is 4. The molecule has 1 aliphatic rings. The molecule has 0 radical (unpaired) electrons. The predicted octanol–water partition coefficient (Wildman–Crippen LogP) is -1.58. The molecule has 0 aliphatic carbocycles. The van der Waals surface area contributed by atoms with E-state index in [0.717, 1.165) is 11.8 Å². The largest absolute Gasteiger partial charge is 0.387 e. The van der Waals surface area contributed by atoms with E-state index in [9.17, 15) is 15.0 Å². The number of hydrogen-bond acceptors (Lipinski definition) is 11. The van der Waals surface area contributed by atoms with Crippen molar-refractivity contribution in [2.75, 3.05) is 24.6 Å². The van der Waals surface area contributed by atoms with E-state index >= 15 is 0 Å². The molecule has 6 N–H and O–H groups in total. The Morgan fingerprint density at radius 2 is 2.31 bits per heavy atom. The summed E-state index contributed by atoms with van der Waals surface area (Å²) >= 11 is 1.05. The van der Waals surface area contributed by atoms with Crippen molar-refractivity contribution in [3.8, 4) is 12.3 Å². The summed E-state index contributed by atoms with van der Waals surface area (Å²) in [6.07, 6.45) is 1.76. The molecule has 1 amide bonds. The highest BCUT2D eigenvalue weighted by atomic mass is 32.2. The molecule has 3 rings (SSSR count). The second-order valence-corrected chi connectivity index (χ2v) is 6.88. The van der Waals surface area contributed by atoms with Crippen LogP contribution in [0.3, 0.4) is 0 Å². The number of hydrogen-bond donors (Lipinski definition) is 5. The van der Waals surface area contributed by atoms with Gasteiger partial charge in [0.15, 0.2) is 34.9 Å². The van der Waals surface area contributed by atoms with Crippen LogP contribution in [0.25, 0.3) is 11.2 Å². The number of aliphatic hydroxyl groups excluding tert-OH is 2. The Hall–Kier alpha value is -3.08. The number of rotatable bonds is 7. The maximum absolute atomic E-state index is 11.9. The molecule has 13 nitrogen and oxygen atoms in total. The van der Waals surface area contributed by atoms with Crippen LogP contribution in [0.1, 0.15) is 6.23 Å². The van der Waals surface area contributed by atoms with Crippen molar-refractivity contribution in [2.45, 2.75) is 29.7 Å². The zero-order chi connectivity index (χ0) is 21.0. The first kappa shape index (κ1) is 20.6. The number of aliphatic hydroxyl groups is 2. The Labute approximate surface area is 168 Å². The maximum Gasteiger partial charge on any atom is 0.231 e. The summed E-state index contributed by atoms with van der Waals surface area (Å²) < 4.78 is 7.18. The lowest BCUT2D eigenvalue weighted by atomic mass is 10.1. The molecule has 14 heteroatoms. The van der Waals surface area contributed by atoms with Crippen LogP contribution in [0.4, 0.5) is 5.82 Å². The number of anilines is 1. The predicted molar refractivity (Wildman–Crippen MR) is 100 cm³/mol. The molecule has 1 aliphatic heterocycles. The fourth-order valence-corrected chi connectivity index (χ4v) is 3.63. The average Bonchev–Trinajstić information content (AvgIpc) is 3.22. The lowest BCUT2D eigenvalue weighted by molar-refractivity contribution is -0.118. The fraction of sp³-hybridized carbons (Fsp3) is 0.467. The lowest BCUT2D eigenvalue weighted by Gasteiger charge is -2.18. The van der Waals surface area contributed by atoms with Crippen LogP contribution < -0.4 is 16.0 Å². The van der Waals surface area contributed by atoms with E-state index in [1.165, 1.54) is 10.9 Å². The van der Waals surface area contributed by atoms with Crippen LogP contribution in [-0.2, 0) is 9.53 Å². The molecule has 0 unspecified atom stereocenters. The van der Waals surface area contributed by atoms with Gasteiger partial charge in [0, 0.05) is 0 Å². The van der Waals surface area contributed by atoms with Crippen molar-refractivity contribution in [1.29, 1.82) is 5.53 Å². The van der Waals surface area contributed by atoms with Crippen LogP contribution in [0, 0.1) is 17.9 Å². The minimum absolute atomic E-state index is 0.0137. The second kappa shape index (κ2) is 8.95. The van der Waals surface area contributed by atoms with Crippen LogP contribution >= 0.6 is 11.8 Å². The Balaban J connectivity index is 1.95. The van der Waals surface area contributed by atoms with Crippen molar-refractivity contribution in [1.82, 2.24) is 29.7 Å². The molecular weight excluding hydrogens is 402 g/mol. The van der Waals surface area contributed by atoms with Gasteiger partial charge in [-0.3, -0.25) is 9.36 Å². The molecule has 1 saturated heterocycles. The average molecular weight is 420 g/mol. The number of imidazole rings is 1. The molecule has 3 heterocycles. The molecule has 2 aromatic rings. The maximum atomic E-state index is 11.9. The van der Waals surface area contributed by atoms with E-state index in [4.69, 9.17) is 22.4 Å². The number of thioether (sulfide) groups is 1. The molecule has 0 spiro atoms. The molecule has 0 bridgehead atoms. The van der Waals surface area contributed by atoms with Gasteiger partial charge < -0.3 is 26.0 Å². The third-order valence-electron chi connectivity index (χ3n) is 4.12. The van der Waals surface area contributed by atoms with Crippen LogP contribution in [0.5, 0.6) is 0 Å². The third kappa shape index (κ3) is 4.19. The zero-order valence-electron chi connectivity index (χ0n) is 15.0. The Morgan fingerprint density at radius 1 is 1.52 bits per heavy atom.